The summed E-state index contributed by atoms with van der Waals surface area (Å²) in [5, 5.41) is 1.03. The summed E-state index contributed by atoms with van der Waals surface area (Å²) in [5.41, 5.74) is 5.64. The number of halogens is 2. The van der Waals surface area contributed by atoms with Crippen molar-refractivity contribution in [3.05, 3.63) is 16.1 Å². The quantitative estimate of drug-likeness (QED) is 0.865. The normalized spacial score (nSPS) is 10.4. The van der Waals surface area contributed by atoms with E-state index in [9.17, 15) is 4.79 Å². The summed E-state index contributed by atoms with van der Waals surface area (Å²) in [6.07, 6.45) is 3.68. The molecule has 1 aromatic rings. The van der Waals surface area contributed by atoms with Gasteiger partial charge in [0.25, 0.3) is 5.91 Å². The fraction of sp³-hybridized carbons (Fsp3) is 0.692. The maximum absolute atomic E-state index is 12.2. The molecule has 7 heteroatoms. The van der Waals surface area contributed by atoms with Crippen LogP contribution < -0.4 is 5.73 Å². The number of rotatable bonds is 6. The van der Waals surface area contributed by atoms with Gasteiger partial charge in [0.1, 0.15) is 4.88 Å². The second-order valence-corrected chi connectivity index (χ2v) is 6.51. The number of carbonyl (C=O) groups is 1. The SMILES string of the molecule is CCCc1ncc(C(=O)N(C)CC(C)(C)CN)s1.Cl.Cl. The van der Waals surface area contributed by atoms with Gasteiger partial charge in [0.05, 0.1) is 11.2 Å². The zero-order valence-electron chi connectivity index (χ0n) is 12.5. The van der Waals surface area contributed by atoms with Gasteiger partial charge in [0, 0.05) is 13.6 Å². The summed E-state index contributed by atoms with van der Waals surface area (Å²) in [4.78, 5) is 18.9. The molecule has 0 bridgehead atoms. The molecule has 2 N–H and O–H groups in total. The van der Waals surface area contributed by atoms with Gasteiger partial charge in [0.2, 0.25) is 0 Å². The van der Waals surface area contributed by atoms with E-state index in [1.54, 1.807) is 11.1 Å². The van der Waals surface area contributed by atoms with Crippen LogP contribution in [-0.2, 0) is 6.42 Å². The Morgan fingerprint density at radius 2 is 2.05 bits per heavy atom. The Balaban J connectivity index is 0. The van der Waals surface area contributed by atoms with Crippen molar-refractivity contribution in [3.8, 4) is 0 Å². The highest BCUT2D eigenvalue weighted by molar-refractivity contribution is 7.13. The molecular formula is C13H25Cl2N3OS. The number of nitrogens with two attached hydrogens (primary N) is 1. The first-order chi connectivity index (χ1) is 8.39. The van der Waals surface area contributed by atoms with Crippen molar-refractivity contribution in [2.24, 2.45) is 11.1 Å². The van der Waals surface area contributed by atoms with Crippen molar-refractivity contribution in [1.29, 1.82) is 0 Å². The molecular weight excluding hydrogens is 317 g/mol. The standard InChI is InChI=1S/C13H23N3OS.2ClH/c1-5-6-11-15-7-10(18-11)12(17)16(4)9-13(2,3)8-14;;/h7H,5-6,8-9,14H2,1-4H3;2*1H. The third kappa shape index (κ3) is 6.39. The zero-order valence-corrected chi connectivity index (χ0v) is 15.0. The maximum atomic E-state index is 12.2. The van der Waals surface area contributed by atoms with Crippen molar-refractivity contribution < 1.29 is 4.79 Å². The van der Waals surface area contributed by atoms with E-state index >= 15 is 0 Å². The van der Waals surface area contributed by atoms with Gasteiger partial charge in [-0.05, 0) is 24.8 Å². The Hall–Kier alpha value is -0.360. The van der Waals surface area contributed by atoms with Crippen LogP contribution in [0.25, 0.3) is 0 Å². The third-order valence-corrected chi connectivity index (χ3v) is 3.84. The van der Waals surface area contributed by atoms with Crippen molar-refractivity contribution in [3.63, 3.8) is 0 Å². The second kappa shape index (κ2) is 9.55. The molecule has 0 radical (unpaired) electrons. The number of hydrogen-bond donors (Lipinski definition) is 1. The lowest BCUT2D eigenvalue weighted by molar-refractivity contribution is 0.0745. The Labute approximate surface area is 138 Å². The lowest BCUT2D eigenvalue weighted by Crippen LogP contribution is -2.39. The summed E-state index contributed by atoms with van der Waals surface area (Å²) in [7, 11) is 1.82. The highest BCUT2D eigenvalue weighted by Gasteiger charge is 2.23. The Kier molecular flexibility index (Phi) is 10.5. The van der Waals surface area contributed by atoms with E-state index in [0.29, 0.717) is 18.0 Å². The van der Waals surface area contributed by atoms with Gasteiger partial charge in [-0.2, -0.15) is 0 Å². The van der Waals surface area contributed by atoms with E-state index in [4.69, 9.17) is 5.73 Å². The predicted octanol–water partition coefficient (Wildman–Crippen LogP) is 3.00. The minimum Gasteiger partial charge on any atom is -0.340 e. The lowest BCUT2D eigenvalue weighted by Gasteiger charge is -2.28. The molecule has 1 heterocycles. The lowest BCUT2D eigenvalue weighted by atomic mass is 9.93. The molecule has 4 nitrogen and oxygen atoms in total. The van der Waals surface area contributed by atoms with E-state index in [1.807, 2.05) is 7.05 Å². The van der Waals surface area contributed by atoms with Gasteiger partial charge < -0.3 is 10.6 Å². The Morgan fingerprint density at radius 3 is 2.55 bits per heavy atom. The van der Waals surface area contributed by atoms with Crippen LogP contribution >= 0.6 is 36.2 Å². The fourth-order valence-corrected chi connectivity index (χ4v) is 2.72. The zero-order chi connectivity index (χ0) is 13.8. The van der Waals surface area contributed by atoms with Gasteiger partial charge >= 0.3 is 0 Å². The smallest absolute Gasteiger partial charge is 0.265 e. The number of aromatic nitrogens is 1. The molecule has 118 valence electrons. The summed E-state index contributed by atoms with van der Waals surface area (Å²) in [6.45, 7) is 7.45. The minimum absolute atomic E-state index is 0. The molecule has 0 saturated heterocycles. The number of amides is 1. The molecule has 0 aliphatic heterocycles. The van der Waals surface area contributed by atoms with Crippen LogP contribution in [0, 0.1) is 5.41 Å². The van der Waals surface area contributed by atoms with Crippen LogP contribution in [0.1, 0.15) is 41.9 Å². The van der Waals surface area contributed by atoms with Gasteiger partial charge in [-0.3, -0.25) is 4.79 Å². The first kappa shape index (κ1) is 21.9. The molecule has 1 amide bonds. The molecule has 1 rings (SSSR count). The maximum Gasteiger partial charge on any atom is 0.265 e. The van der Waals surface area contributed by atoms with Crippen molar-refractivity contribution in [2.45, 2.75) is 33.6 Å². The number of nitrogens with zero attached hydrogens (tertiary/aromatic N) is 2. The molecule has 0 spiro atoms. The van der Waals surface area contributed by atoms with Crippen LogP contribution in [0.3, 0.4) is 0 Å². The van der Waals surface area contributed by atoms with E-state index in [1.165, 1.54) is 11.3 Å². The Morgan fingerprint density at radius 1 is 1.45 bits per heavy atom. The molecule has 0 atom stereocenters. The molecule has 1 aromatic heterocycles. The van der Waals surface area contributed by atoms with Crippen molar-refractivity contribution >= 4 is 42.1 Å². The molecule has 0 aromatic carbocycles. The highest BCUT2D eigenvalue weighted by Crippen LogP contribution is 2.19. The number of carbonyl (C=O) groups excluding carboxylic acids is 1. The molecule has 0 fully saturated rings. The van der Waals surface area contributed by atoms with E-state index in [2.05, 4.69) is 25.8 Å². The highest BCUT2D eigenvalue weighted by atomic mass is 35.5. The van der Waals surface area contributed by atoms with Gasteiger partial charge in [-0.15, -0.1) is 36.2 Å². The average molecular weight is 342 g/mol. The molecule has 0 aliphatic rings. The van der Waals surface area contributed by atoms with Crippen LogP contribution in [0.5, 0.6) is 0 Å². The Bertz CT molecular complexity index is 410. The van der Waals surface area contributed by atoms with E-state index in [0.717, 1.165) is 17.8 Å². The van der Waals surface area contributed by atoms with E-state index in [-0.39, 0.29) is 36.1 Å². The number of thiazole rings is 1. The largest absolute Gasteiger partial charge is 0.340 e. The van der Waals surface area contributed by atoms with Crippen molar-refractivity contribution in [1.82, 2.24) is 9.88 Å². The monoisotopic (exact) mass is 341 g/mol. The predicted molar refractivity (Wildman–Crippen MR) is 90.4 cm³/mol. The summed E-state index contributed by atoms with van der Waals surface area (Å²) >= 11 is 1.49. The van der Waals surface area contributed by atoms with Crippen LogP contribution in [0.2, 0.25) is 0 Å². The summed E-state index contributed by atoms with van der Waals surface area (Å²) in [5.74, 6) is 0.0383. The van der Waals surface area contributed by atoms with Crippen LogP contribution in [0.15, 0.2) is 6.20 Å². The van der Waals surface area contributed by atoms with Gasteiger partial charge in [0.15, 0.2) is 0 Å². The summed E-state index contributed by atoms with van der Waals surface area (Å²) in [6, 6.07) is 0. The first-order valence-corrected chi connectivity index (χ1v) is 7.11. The third-order valence-electron chi connectivity index (χ3n) is 2.79. The first-order valence-electron chi connectivity index (χ1n) is 6.30. The van der Waals surface area contributed by atoms with Gasteiger partial charge in [-0.1, -0.05) is 20.8 Å². The van der Waals surface area contributed by atoms with E-state index < -0.39 is 0 Å². The fourth-order valence-electron chi connectivity index (χ4n) is 1.71. The molecule has 0 saturated carbocycles. The van der Waals surface area contributed by atoms with Crippen LogP contribution in [-0.4, -0.2) is 35.9 Å². The average Bonchev–Trinajstić information content (AvgIpc) is 2.76. The topological polar surface area (TPSA) is 59.2 Å². The minimum atomic E-state index is -0.0542. The van der Waals surface area contributed by atoms with Gasteiger partial charge in [-0.25, -0.2) is 4.98 Å². The number of hydrogen-bond acceptors (Lipinski definition) is 4. The molecule has 20 heavy (non-hydrogen) atoms. The molecule has 0 unspecified atom stereocenters. The summed E-state index contributed by atoms with van der Waals surface area (Å²) < 4.78 is 0. The van der Waals surface area contributed by atoms with Crippen molar-refractivity contribution in [2.75, 3.05) is 20.1 Å². The van der Waals surface area contributed by atoms with Crippen LogP contribution in [0.4, 0.5) is 0 Å². The number of aryl methyl sites for hydroxylation is 1. The molecule has 0 aliphatic carbocycles. The second-order valence-electron chi connectivity index (χ2n) is 5.40.